The van der Waals surface area contributed by atoms with Crippen LogP contribution in [0.2, 0.25) is 0 Å². The summed E-state index contributed by atoms with van der Waals surface area (Å²) in [4.78, 5) is 13.5. The van der Waals surface area contributed by atoms with Crippen molar-refractivity contribution in [1.82, 2.24) is 0 Å². The molecule has 2 rings (SSSR count). The molecule has 1 heterocycles. The van der Waals surface area contributed by atoms with Crippen LogP contribution >= 0.6 is 11.3 Å². The lowest BCUT2D eigenvalue weighted by molar-refractivity contribution is 0.102. The standard InChI is InChI=1S/C15H16OS/c1-9-5-6-13(10(2)7-9)15-11(3)8-14(17-15)12(4)16/h5-8H,1-4H3. The van der Waals surface area contributed by atoms with E-state index in [1.54, 1.807) is 18.3 Å². The van der Waals surface area contributed by atoms with Gasteiger partial charge in [-0.05, 0) is 50.5 Å². The second-order valence-corrected chi connectivity index (χ2v) is 5.55. The number of rotatable bonds is 2. The van der Waals surface area contributed by atoms with Crippen molar-refractivity contribution in [2.24, 2.45) is 0 Å². The summed E-state index contributed by atoms with van der Waals surface area (Å²) in [5, 5.41) is 0. The first kappa shape index (κ1) is 12.1. The third-order valence-electron chi connectivity index (χ3n) is 2.89. The van der Waals surface area contributed by atoms with Gasteiger partial charge in [0.1, 0.15) is 0 Å². The highest BCUT2D eigenvalue weighted by Gasteiger charge is 2.12. The van der Waals surface area contributed by atoms with Crippen LogP contribution in [0.15, 0.2) is 24.3 Å². The van der Waals surface area contributed by atoms with E-state index in [-0.39, 0.29) is 5.78 Å². The Hall–Kier alpha value is -1.41. The molecule has 0 aliphatic carbocycles. The van der Waals surface area contributed by atoms with Crippen LogP contribution in [0.5, 0.6) is 0 Å². The van der Waals surface area contributed by atoms with Crippen LogP contribution < -0.4 is 0 Å². The molecule has 1 nitrogen and oxygen atoms in total. The second kappa shape index (κ2) is 4.46. The highest BCUT2D eigenvalue weighted by molar-refractivity contribution is 7.17. The van der Waals surface area contributed by atoms with E-state index < -0.39 is 0 Å². The molecule has 0 fully saturated rings. The Balaban J connectivity index is 2.56. The van der Waals surface area contributed by atoms with Crippen LogP contribution in [0.4, 0.5) is 0 Å². The summed E-state index contributed by atoms with van der Waals surface area (Å²) in [6, 6.07) is 8.44. The number of ketones is 1. The fourth-order valence-electron chi connectivity index (χ4n) is 1.99. The molecule has 0 radical (unpaired) electrons. The van der Waals surface area contributed by atoms with Gasteiger partial charge in [-0.3, -0.25) is 4.79 Å². The topological polar surface area (TPSA) is 17.1 Å². The van der Waals surface area contributed by atoms with Gasteiger partial charge in [0, 0.05) is 4.88 Å². The van der Waals surface area contributed by atoms with E-state index in [0.717, 1.165) is 4.88 Å². The number of carbonyl (C=O) groups is 1. The van der Waals surface area contributed by atoms with Gasteiger partial charge in [0.2, 0.25) is 0 Å². The predicted molar refractivity (Wildman–Crippen MR) is 74.0 cm³/mol. The van der Waals surface area contributed by atoms with Crippen molar-refractivity contribution in [1.29, 1.82) is 0 Å². The number of benzene rings is 1. The maximum Gasteiger partial charge on any atom is 0.169 e. The molecule has 1 aromatic carbocycles. The first-order valence-corrected chi connectivity index (χ1v) is 6.49. The van der Waals surface area contributed by atoms with Crippen LogP contribution in [0.25, 0.3) is 10.4 Å². The van der Waals surface area contributed by atoms with E-state index in [9.17, 15) is 4.79 Å². The van der Waals surface area contributed by atoms with Gasteiger partial charge in [0.25, 0.3) is 0 Å². The first-order valence-electron chi connectivity index (χ1n) is 5.68. The van der Waals surface area contributed by atoms with E-state index >= 15 is 0 Å². The van der Waals surface area contributed by atoms with E-state index in [2.05, 4.69) is 39.0 Å². The van der Waals surface area contributed by atoms with Gasteiger partial charge >= 0.3 is 0 Å². The summed E-state index contributed by atoms with van der Waals surface area (Å²) in [7, 11) is 0. The number of Topliss-reactive ketones (excluding diaryl/α,β-unsaturated/α-hetero) is 1. The summed E-state index contributed by atoms with van der Waals surface area (Å²) in [5.41, 5.74) is 4.97. The zero-order valence-electron chi connectivity index (χ0n) is 10.6. The van der Waals surface area contributed by atoms with Gasteiger partial charge in [-0.15, -0.1) is 11.3 Å². The van der Waals surface area contributed by atoms with Crippen molar-refractivity contribution in [3.63, 3.8) is 0 Å². The molecule has 0 N–H and O–H groups in total. The minimum Gasteiger partial charge on any atom is -0.294 e. The number of hydrogen-bond acceptors (Lipinski definition) is 2. The average molecular weight is 244 g/mol. The highest BCUT2D eigenvalue weighted by atomic mass is 32.1. The SMILES string of the molecule is CC(=O)c1cc(C)c(-c2ccc(C)cc2C)s1. The van der Waals surface area contributed by atoms with Gasteiger partial charge in [-0.1, -0.05) is 23.8 Å². The zero-order valence-corrected chi connectivity index (χ0v) is 11.4. The van der Waals surface area contributed by atoms with E-state index in [1.807, 2.05) is 6.07 Å². The number of carbonyl (C=O) groups excluding carboxylic acids is 1. The maximum atomic E-state index is 11.4. The van der Waals surface area contributed by atoms with Gasteiger partial charge in [0.05, 0.1) is 4.88 Å². The molecule has 0 bridgehead atoms. The monoisotopic (exact) mass is 244 g/mol. The molecule has 0 saturated heterocycles. The molecule has 0 amide bonds. The van der Waals surface area contributed by atoms with Crippen molar-refractivity contribution in [3.8, 4) is 10.4 Å². The molecule has 1 aromatic heterocycles. The zero-order chi connectivity index (χ0) is 12.6. The number of thiophene rings is 1. The Morgan fingerprint density at radius 1 is 1.06 bits per heavy atom. The summed E-state index contributed by atoms with van der Waals surface area (Å²) >= 11 is 1.59. The third-order valence-corrected chi connectivity index (χ3v) is 4.26. The van der Waals surface area contributed by atoms with Crippen molar-refractivity contribution < 1.29 is 4.79 Å². The highest BCUT2D eigenvalue weighted by Crippen LogP contribution is 2.34. The van der Waals surface area contributed by atoms with Crippen LogP contribution in [-0.2, 0) is 0 Å². The lowest BCUT2D eigenvalue weighted by Crippen LogP contribution is -1.84. The smallest absolute Gasteiger partial charge is 0.169 e. The number of hydrogen-bond donors (Lipinski definition) is 0. The molecule has 0 saturated carbocycles. The van der Waals surface area contributed by atoms with E-state index in [4.69, 9.17) is 0 Å². The van der Waals surface area contributed by atoms with Crippen LogP contribution in [0.1, 0.15) is 33.3 Å². The molecule has 0 aliphatic heterocycles. The molecular weight excluding hydrogens is 228 g/mol. The number of aryl methyl sites for hydroxylation is 3. The Labute approximate surface area is 106 Å². The van der Waals surface area contributed by atoms with E-state index in [1.165, 1.54) is 27.1 Å². The molecule has 88 valence electrons. The Morgan fingerprint density at radius 3 is 2.29 bits per heavy atom. The molecule has 0 spiro atoms. The summed E-state index contributed by atoms with van der Waals surface area (Å²) in [6.07, 6.45) is 0. The Kier molecular flexibility index (Phi) is 3.16. The first-order chi connectivity index (χ1) is 7.99. The fraction of sp³-hybridized carbons (Fsp3) is 0.267. The van der Waals surface area contributed by atoms with Crippen molar-refractivity contribution >= 4 is 17.1 Å². The lowest BCUT2D eigenvalue weighted by Gasteiger charge is -2.05. The quantitative estimate of drug-likeness (QED) is 0.709. The van der Waals surface area contributed by atoms with Gasteiger partial charge in [-0.2, -0.15) is 0 Å². The summed E-state index contributed by atoms with van der Waals surface area (Å²) in [5.74, 6) is 0.147. The largest absolute Gasteiger partial charge is 0.294 e. The van der Waals surface area contributed by atoms with Crippen LogP contribution in [0, 0.1) is 20.8 Å². The average Bonchev–Trinajstić information content (AvgIpc) is 2.61. The Morgan fingerprint density at radius 2 is 1.76 bits per heavy atom. The van der Waals surface area contributed by atoms with Gasteiger partial charge < -0.3 is 0 Å². The van der Waals surface area contributed by atoms with Gasteiger partial charge in [0.15, 0.2) is 5.78 Å². The molecule has 2 aromatic rings. The predicted octanol–water partition coefficient (Wildman–Crippen LogP) is 4.54. The molecular formula is C15H16OS. The Bertz CT molecular complexity index is 579. The van der Waals surface area contributed by atoms with Gasteiger partial charge in [-0.25, -0.2) is 0 Å². The molecule has 0 atom stereocenters. The lowest BCUT2D eigenvalue weighted by atomic mass is 10.0. The normalized spacial score (nSPS) is 10.6. The molecule has 0 aliphatic rings. The molecule has 17 heavy (non-hydrogen) atoms. The van der Waals surface area contributed by atoms with E-state index in [0.29, 0.717) is 0 Å². The van der Waals surface area contributed by atoms with Crippen molar-refractivity contribution in [2.75, 3.05) is 0 Å². The van der Waals surface area contributed by atoms with Crippen molar-refractivity contribution in [3.05, 3.63) is 45.8 Å². The van der Waals surface area contributed by atoms with Crippen LogP contribution in [-0.4, -0.2) is 5.78 Å². The maximum absolute atomic E-state index is 11.4. The molecule has 0 unspecified atom stereocenters. The fourth-order valence-corrected chi connectivity index (χ4v) is 3.15. The summed E-state index contributed by atoms with van der Waals surface area (Å²) < 4.78 is 0. The van der Waals surface area contributed by atoms with Crippen LogP contribution in [0.3, 0.4) is 0 Å². The third kappa shape index (κ3) is 2.32. The van der Waals surface area contributed by atoms with Crippen molar-refractivity contribution in [2.45, 2.75) is 27.7 Å². The minimum absolute atomic E-state index is 0.147. The molecule has 2 heteroatoms. The minimum atomic E-state index is 0.147. The summed E-state index contributed by atoms with van der Waals surface area (Å²) in [6.45, 7) is 7.91. The second-order valence-electron chi connectivity index (χ2n) is 4.50.